The van der Waals surface area contributed by atoms with Crippen molar-refractivity contribution in [2.75, 3.05) is 6.26 Å². The van der Waals surface area contributed by atoms with Crippen molar-refractivity contribution in [3.63, 3.8) is 0 Å². The lowest BCUT2D eigenvalue weighted by Crippen LogP contribution is -2.29. The smallest absolute Gasteiger partial charge is 0.210 e. The zero-order valence-electron chi connectivity index (χ0n) is 14.1. The van der Waals surface area contributed by atoms with Crippen LogP contribution < -0.4 is 0 Å². The summed E-state index contributed by atoms with van der Waals surface area (Å²) < 4.78 is 6.01. The second-order valence-corrected chi connectivity index (χ2v) is 7.02. The summed E-state index contributed by atoms with van der Waals surface area (Å²) in [5.41, 5.74) is 1.31. The largest absolute Gasteiger partial charge is 0.478 e. The highest BCUT2D eigenvalue weighted by Gasteiger charge is 2.43. The van der Waals surface area contributed by atoms with E-state index in [9.17, 15) is 4.79 Å². The molecule has 0 bridgehead atoms. The molecule has 0 fully saturated rings. The molecule has 1 aliphatic heterocycles. The minimum Gasteiger partial charge on any atom is -0.478 e. The zero-order valence-corrected chi connectivity index (χ0v) is 15.6. The summed E-state index contributed by atoms with van der Waals surface area (Å²) in [6, 6.07) is 5.80. The van der Waals surface area contributed by atoms with E-state index in [4.69, 9.17) is 16.3 Å². The summed E-state index contributed by atoms with van der Waals surface area (Å²) in [6.07, 6.45) is 7.75. The summed E-state index contributed by atoms with van der Waals surface area (Å²) in [6.45, 7) is 7.41. The Balaban J connectivity index is 2.68. The number of ether oxygens (including phenoxy) is 1. The van der Waals surface area contributed by atoms with Gasteiger partial charge in [0.25, 0.3) is 0 Å². The van der Waals surface area contributed by atoms with Crippen molar-refractivity contribution in [2.45, 2.75) is 38.2 Å². The number of allylic oxidation sites excluding steroid dienone is 4. The fourth-order valence-corrected chi connectivity index (χ4v) is 3.29. The summed E-state index contributed by atoms with van der Waals surface area (Å²) >= 11 is 8.07. The van der Waals surface area contributed by atoms with Crippen molar-refractivity contribution in [2.24, 2.45) is 0 Å². The van der Waals surface area contributed by atoms with Crippen LogP contribution in [-0.4, -0.2) is 17.6 Å². The van der Waals surface area contributed by atoms with Gasteiger partial charge in [-0.1, -0.05) is 29.8 Å². The van der Waals surface area contributed by atoms with E-state index in [1.807, 2.05) is 56.5 Å². The number of hydrogen-bond acceptors (Lipinski definition) is 3. The van der Waals surface area contributed by atoms with Gasteiger partial charge in [0.15, 0.2) is 5.60 Å². The Morgan fingerprint density at radius 1 is 1.30 bits per heavy atom. The maximum atomic E-state index is 12.8. The number of carbonyl (C=O) groups excluding carboxylic acids is 1. The quantitative estimate of drug-likeness (QED) is 0.517. The van der Waals surface area contributed by atoms with E-state index in [0.717, 1.165) is 16.0 Å². The zero-order chi connectivity index (χ0) is 17.2. The van der Waals surface area contributed by atoms with Crippen LogP contribution in [0.1, 0.15) is 33.3 Å². The van der Waals surface area contributed by atoms with Gasteiger partial charge in [-0.05, 0) is 57.7 Å². The van der Waals surface area contributed by atoms with Gasteiger partial charge in [-0.2, -0.15) is 0 Å². The average molecular weight is 349 g/mol. The lowest BCUT2D eigenvalue weighted by Gasteiger charge is -2.18. The van der Waals surface area contributed by atoms with E-state index in [1.165, 1.54) is 0 Å². The normalized spacial score (nSPS) is 18.0. The number of thioether (sulfide) groups is 1. The van der Waals surface area contributed by atoms with E-state index in [2.05, 4.69) is 0 Å². The highest BCUT2D eigenvalue weighted by atomic mass is 35.5. The van der Waals surface area contributed by atoms with Gasteiger partial charge in [0, 0.05) is 10.5 Å². The molecule has 0 aromatic heterocycles. The first-order valence-electron chi connectivity index (χ1n) is 7.47. The molecule has 0 saturated heterocycles. The van der Waals surface area contributed by atoms with Crippen LogP contribution in [0.3, 0.4) is 0 Å². The number of carbonyl (C=O) groups is 1. The molecule has 23 heavy (non-hydrogen) atoms. The first-order chi connectivity index (χ1) is 10.9. The Morgan fingerprint density at radius 2 is 2.00 bits per heavy atom. The topological polar surface area (TPSA) is 26.3 Å². The van der Waals surface area contributed by atoms with Gasteiger partial charge >= 0.3 is 0 Å². The van der Waals surface area contributed by atoms with Crippen LogP contribution in [0.15, 0.2) is 52.5 Å². The highest BCUT2D eigenvalue weighted by Crippen LogP contribution is 2.42. The molecular weight excluding hydrogens is 328 g/mol. The molecule has 1 heterocycles. The monoisotopic (exact) mass is 348 g/mol. The van der Waals surface area contributed by atoms with Crippen LogP contribution in [0.5, 0.6) is 0 Å². The van der Waals surface area contributed by atoms with Gasteiger partial charge < -0.3 is 4.74 Å². The lowest BCUT2D eigenvalue weighted by molar-refractivity contribution is -0.126. The maximum Gasteiger partial charge on any atom is 0.210 e. The van der Waals surface area contributed by atoms with E-state index in [0.29, 0.717) is 16.4 Å². The predicted molar refractivity (Wildman–Crippen MR) is 98.9 cm³/mol. The Morgan fingerprint density at radius 3 is 2.52 bits per heavy atom. The van der Waals surface area contributed by atoms with E-state index < -0.39 is 5.60 Å². The van der Waals surface area contributed by atoms with Crippen molar-refractivity contribution in [1.29, 1.82) is 0 Å². The van der Waals surface area contributed by atoms with Gasteiger partial charge in [-0.3, -0.25) is 4.79 Å². The molecule has 0 atom stereocenters. The predicted octanol–water partition coefficient (Wildman–Crippen LogP) is 5.67. The number of benzene rings is 1. The third kappa shape index (κ3) is 3.41. The summed E-state index contributed by atoms with van der Waals surface area (Å²) in [4.78, 5) is 13.9. The molecule has 0 amide bonds. The molecule has 0 radical (unpaired) electrons. The molecular formula is C19H21ClO2S. The number of rotatable bonds is 4. The van der Waals surface area contributed by atoms with Crippen molar-refractivity contribution >= 4 is 34.9 Å². The van der Waals surface area contributed by atoms with Crippen LogP contribution in [0, 0.1) is 0 Å². The first kappa shape index (κ1) is 17.9. The van der Waals surface area contributed by atoms with Gasteiger partial charge in [0.05, 0.1) is 10.6 Å². The SMILES string of the molecule is C/C=C\C(=C/C)C1=C(c2ccc(SC)cc2Cl)OC(C)(C)C1=O. The van der Waals surface area contributed by atoms with Crippen LogP contribution >= 0.6 is 23.4 Å². The summed E-state index contributed by atoms with van der Waals surface area (Å²) in [7, 11) is 0. The van der Waals surface area contributed by atoms with Crippen LogP contribution in [0.4, 0.5) is 0 Å². The van der Waals surface area contributed by atoms with E-state index >= 15 is 0 Å². The van der Waals surface area contributed by atoms with Crippen LogP contribution in [0.2, 0.25) is 5.02 Å². The molecule has 2 rings (SSSR count). The fraction of sp³-hybridized carbons (Fsp3) is 0.316. The Labute approximate surface area is 147 Å². The minimum absolute atomic E-state index is 0.0243. The van der Waals surface area contributed by atoms with Gasteiger partial charge in [0.2, 0.25) is 5.78 Å². The van der Waals surface area contributed by atoms with Crippen molar-refractivity contribution < 1.29 is 9.53 Å². The van der Waals surface area contributed by atoms with Gasteiger partial charge in [-0.25, -0.2) is 0 Å². The second-order valence-electron chi connectivity index (χ2n) is 5.74. The molecule has 0 aliphatic carbocycles. The molecule has 0 unspecified atom stereocenters. The Hall–Kier alpha value is -1.45. The lowest BCUT2D eigenvalue weighted by atomic mass is 9.92. The van der Waals surface area contributed by atoms with Crippen LogP contribution in [0.25, 0.3) is 5.76 Å². The maximum absolute atomic E-state index is 12.8. The summed E-state index contributed by atoms with van der Waals surface area (Å²) in [5, 5.41) is 0.589. The third-order valence-electron chi connectivity index (χ3n) is 3.72. The van der Waals surface area contributed by atoms with Crippen molar-refractivity contribution in [1.82, 2.24) is 0 Å². The number of Topliss-reactive ketones (excluding diaryl/α,β-unsaturated/α-hetero) is 1. The van der Waals surface area contributed by atoms with Crippen LogP contribution in [-0.2, 0) is 9.53 Å². The average Bonchev–Trinajstić information content (AvgIpc) is 2.75. The molecule has 1 aliphatic rings. The molecule has 122 valence electrons. The van der Waals surface area contributed by atoms with Crippen molar-refractivity contribution in [3.05, 3.63) is 58.2 Å². The number of halogens is 1. The number of hydrogen-bond donors (Lipinski definition) is 0. The molecule has 2 nitrogen and oxygen atoms in total. The molecule has 0 spiro atoms. The highest BCUT2D eigenvalue weighted by molar-refractivity contribution is 7.98. The van der Waals surface area contributed by atoms with E-state index in [1.54, 1.807) is 25.6 Å². The Kier molecular flexibility index (Phi) is 5.43. The minimum atomic E-state index is -0.887. The second kappa shape index (κ2) is 6.98. The third-order valence-corrected chi connectivity index (χ3v) is 4.76. The summed E-state index contributed by atoms with van der Waals surface area (Å²) in [5.74, 6) is 0.535. The molecule has 1 aromatic carbocycles. The molecule has 4 heteroatoms. The number of ketones is 1. The van der Waals surface area contributed by atoms with Gasteiger partial charge in [-0.15, -0.1) is 11.8 Å². The van der Waals surface area contributed by atoms with Gasteiger partial charge in [0.1, 0.15) is 5.76 Å². The first-order valence-corrected chi connectivity index (χ1v) is 9.07. The fourth-order valence-electron chi connectivity index (χ4n) is 2.52. The molecule has 0 N–H and O–H groups in total. The standard InChI is InChI=1S/C19H21ClO2S/c1-6-8-12(7-2)16-17(22-19(3,4)18(16)21)14-10-9-13(23-5)11-15(14)20/h6-11H,1-5H3/b8-6-,12-7+. The van der Waals surface area contributed by atoms with E-state index in [-0.39, 0.29) is 5.78 Å². The van der Waals surface area contributed by atoms with Crippen molar-refractivity contribution in [3.8, 4) is 0 Å². The molecule has 1 aromatic rings. The molecule has 0 saturated carbocycles. The Bertz CT molecular complexity index is 727.